The van der Waals surface area contributed by atoms with Crippen LogP contribution < -0.4 is 20.1 Å². The highest BCUT2D eigenvalue weighted by molar-refractivity contribution is 8.00. The Kier molecular flexibility index (Phi) is 8.31. The zero-order chi connectivity index (χ0) is 23.9. The second-order valence-electron chi connectivity index (χ2n) is 7.97. The molecule has 34 heavy (non-hydrogen) atoms. The third kappa shape index (κ3) is 5.84. The van der Waals surface area contributed by atoms with Gasteiger partial charge in [0.05, 0.1) is 32.1 Å². The van der Waals surface area contributed by atoms with E-state index in [-0.39, 0.29) is 17.2 Å². The predicted molar refractivity (Wildman–Crippen MR) is 132 cm³/mol. The molecule has 0 radical (unpaired) electrons. The maximum atomic E-state index is 12.7. The molecule has 2 aromatic carbocycles. The lowest BCUT2D eigenvalue weighted by Crippen LogP contribution is -2.48. The van der Waals surface area contributed by atoms with Gasteiger partial charge in [-0.1, -0.05) is 17.8 Å². The average molecular weight is 486 g/mol. The molecule has 0 spiro atoms. The van der Waals surface area contributed by atoms with Gasteiger partial charge in [0, 0.05) is 30.1 Å². The van der Waals surface area contributed by atoms with Gasteiger partial charge in [0.15, 0.2) is 11.5 Å². The van der Waals surface area contributed by atoms with Crippen LogP contribution in [-0.4, -0.2) is 68.1 Å². The Balaban J connectivity index is 1.34. The molecule has 4 rings (SSSR count). The molecule has 2 heterocycles. The molecule has 182 valence electrons. The van der Waals surface area contributed by atoms with Crippen molar-refractivity contribution in [2.24, 2.45) is 0 Å². The van der Waals surface area contributed by atoms with E-state index in [1.807, 2.05) is 38.1 Å². The third-order valence-electron chi connectivity index (χ3n) is 5.65. The van der Waals surface area contributed by atoms with Gasteiger partial charge in [-0.05, 0) is 56.2 Å². The Morgan fingerprint density at radius 2 is 1.88 bits per heavy atom. The maximum Gasteiger partial charge on any atom is 0.252 e. The number of thioether (sulfide) groups is 1. The molecule has 2 aliphatic heterocycles. The molecule has 0 aliphatic carbocycles. The second kappa shape index (κ2) is 11.6. The topological polar surface area (TPSA) is 89.1 Å². The van der Waals surface area contributed by atoms with E-state index >= 15 is 0 Å². The van der Waals surface area contributed by atoms with Crippen LogP contribution in [0.25, 0.3) is 0 Å². The lowest BCUT2D eigenvalue weighted by molar-refractivity contribution is -0.119. The summed E-state index contributed by atoms with van der Waals surface area (Å²) in [6.07, 6.45) is 0.664. The van der Waals surface area contributed by atoms with Crippen LogP contribution in [0.1, 0.15) is 29.8 Å². The number of carbonyl (C=O) groups is 2. The number of hydrogen-bond donors (Lipinski definition) is 2. The highest BCUT2D eigenvalue weighted by atomic mass is 32.2. The second-order valence-corrected chi connectivity index (χ2v) is 9.09. The summed E-state index contributed by atoms with van der Waals surface area (Å²) in [5.74, 6) is 1.21. The normalized spacial score (nSPS) is 18.1. The SMILES string of the molecule is CCOc1ccc(CCNC(=O)c2ccc3c(c2)NC(=O)[C@@H](N2CCOCC2)S3)cc1OCC. The largest absolute Gasteiger partial charge is 0.490 e. The van der Waals surface area contributed by atoms with Crippen LogP contribution in [-0.2, 0) is 16.0 Å². The van der Waals surface area contributed by atoms with Crippen molar-refractivity contribution in [3.8, 4) is 11.5 Å². The van der Waals surface area contributed by atoms with Gasteiger partial charge in [-0.3, -0.25) is 14.5 Å². The molecule has 0 unspecified atom stereocenters. The monoisotopic (exact) mass is 485 g/mol. The van der Waals surface area contributed by atoms with Crippen molar-refractivity contribution < 1.29 is 23.8 Å². The molecule has 2 aliphatic rings. The first kappa shape index (κ1) is 24.4. The Labute approximate surface area is 204 Å². The van der Waals surface area contributed by atoms with Gasteiger partial charge in [-0.15, -0.1) is 0 Å². The first-order valence-corrected chi connectivity index (χ1v) is 12.6. The van der Waals surface area contributed by atoms with Gasteiger partial charge in [0.2, 0.25) is 0 Å². The van der Waals surface area contributed by atoms with Gasteiger partial charge < -0.3 is 24.8 Å². The van der Waals surface area contributed by atoms with Crippen LogP contribution in [0.15, 0.2) is 41.3 Å². The van der Waals surface area contributed by atoms with Crippen LogP contribution in [0.4, 0.5) is 5.69 Å². The number of amides is 2. The van der Waals surface area contributed by atoms with E-state index in [2.05, 4.69) is 15.5 Å². The fraction of sp³-hybridized carbons (Fsp3) is 0.440. The van der Waals surface area contributed by atoms with Gasteiger partial charge in [0.1, 0.15) is 5.37 Å². The van der Waals surface area contributed by atoms with Crippen molar-refractivity contribution in [2.75, 3.05) is 51.4 Å². The summed E-state index contributed by atoms with van der Waals surface area (Å²) in [5, 5.41) is 5.66. The Morgan fingerprint density at radius 1 is 1.12 bits per heavy atom. The van der Waals surface area contributed by atoms with Crippen molar-refractivity contribution in [3.05, 3.63) is 47.5 Å². The maximum absolute atomic E-state index is 12.7. The number of ether oxygens (including phenoxy) is 3. The quantitative estimate of drug-likeness (QED) is 0.564. The Morgan fingerprint density at radius 3 is 2.65 bits per heavy atom. The molecule has 1 atom stereocenters. The minimum absolute atomic E-state index is 0.0578. The first-order valence-electron chi connectivity index (χ1n) is 11.7. The average Bonchev–Trinajstić information content (AvgIpc) is 2.85. The van der Waals surface area contributed by atoms with Crippen molar-refractivity contribution >= 4 is 29.3 Å². The van der Waals surface area contributed by atoms with Crippen LogP contribution >= 0.6 is 11.8 Å². The lowest BCUT2D eigenvalue weighted by atomic mass is 10.1. The van der Waals surface area contributed by atoms with Crippen molar-refractivity contribution in [1.29, 1.82) is 0 Å². The van der Waals surface area contributed by atoms with Crippen molar-refractivity contribution in [1.82, 2.24) is 10.2 Å². The fourth-order valence-corrected chi connectivity index (χ4v) is 5.12. The smallest absolute Gasteiger partial charge is 0.252 e. The zero-order valence-corrected chi connectivity index (χ0v) is 20.4. The van der Waals surface area contributed by atoms with E-state index in [0.29, 0.717) is 56.4 Å². The number of hydrogen-bond acceptors (Lipinski definition) is 7. The van der Waals surface area contributed by atoms with Crippen molar-refractivity contribution in [3.63, 3.8) is 0 Å². The zero-order valence-electron chi connectivity index (χ0n) is 19.6. The molecule has 8 nitrogen and oxygen atoms in total. The van der Waals surface area contributed by atoms with E-state index in [1.54, 1.807) is 12.1 Å². The molecule has 0 saturated carbocycles. The molecular weight excluding hydrogens is 454 g/mol. The molecule has 9 heteroatoms. The molecule has 0 aromatic heterocycles. The van der Waals surface area contributed by atoms with Crippen molar-refractivity contribution in [2.45, 2.75) is 30.5 Å². The summed E-state index contributed by atoms with van der Waals surface area (Å²) < 4.78 is 16.7. The summed E-state index contributed by atoms with van der Waals surface area (Å²) in [6.45, 7) is 8.24. The molecule has 1 saturated heterocycles. The first-order chi connectivity index (χ1) is 16.6. The van der Waals surface area contributed by atoms with E-state index in [1.165, 1.54) is 11.8 Å². The number of carbonyl (C=O) groups excluding carboxylic acids is 2. The number of benzene rings is 2. The Bertz CT molecular complexity index is 1030. The number of nitrogens with zero attached hydrogens (tertiary/aromatic N) is 1. The van der Waals surface area contributed by atoms with Gasteiger partial charge in [-0.2, -0.15) is 0 Å². The van der Waals surface area contributed by atoms with Crippen LogP contribution in [0, 0.1) is 0 Å². The molecular formula is C25H31N3O5S. The predicted octanol–water partition coefficient (Wildman–Crippen LogP) is 3.16. The highest BCUT2D eigenvalue weighted by Gasteiger charge is 2.33. The van der Waals surface area contributed by atoms with Crippen LogP contribution in [0.3, 0.4) is 0 Å². The van der Waals surface area contributed by atoms with Gasteiger partial charge >= 0.3 is 0 Å². The highest BCUT2D eigenvalue weighted by Crippen LogP contribution is 2.37. The summed E-state index contributed by atoms with van der Waals surface area (Å²) in [4.78, 5) is 28.5. The number of fused-ring (bicyclic) bond motifs is 1. The summed E-state index contributed by atoms with van der Waals surface area (Å²) >= 11 is 1.52. The molecule has 2 N–H and O–H groups in total. The standard InChI is InChI=1S/C25H31N3O5S/c1-3-32-20-7-5-17(15-21(20)33-4-2)9-10-26-23(29)18-6-8-22-19(16-18)27-24(30)25(34-22)28-11-13-31-14-12-28/h5-8,15-16,25H,3-4,9-14H2,1-2H3,(H,26,29)(H,27,30)/t25-/m0/s1. The number of morpholine rings is 1. The third-order valence-corrected chi connectivity index (χ3v) is 6.99. The van der Waals surface area contributed by atoms with E-state index in [4.69, 9.17) is 14.2 Å². The number of anilines is 1. The lowest BCUT2D eigenvalue weighted by Gasteiger charge is -2.35. The van der Waals surface area contributed by atoms with Gasteiger partial charge in [-0.25, -0.2) is 0 Å². The number of nitrogens with one attached hydrogen (secondary N) is 2. The van der Waals surface area contributed by atoms with E-state index < -0.39 is 0 Å². The minimum Gasteiger partial charge on any atom is -0.490 e. The molecule has 0 bridgehead atoms. The molecule has 1 fully saturated rings. The van der Waals surface area contributed by atoms with Crippen LogP contribution in [0.5, 0.6) is 11.5 Å². The molecule has 2 amide bonds. The van der Waals surface area contributed by atoms with Crippen LogP contribution in [0.2, 0.25) is 0 Å². The minimum atomic E-state index is -0.272. The van der Waals surface area contributed by atoms with Gasteiger partial charge in [0.25, 0.3) is 11.8 Å². The summed E-state index contributed by atoms with van der Waals surface area (Å²) in [5.41, 5.74) is 2.25. The van der Waals surface area contributed by atoms with E-state index in [0.717, 1.165) is 29.3 Å². The molecule has 2 aromatic rings. The number of rotatable bonds is 9. The fourth-order valence-electron chi connectivity index (χ4n) is 3.97. The van der Waals surface area contributed by atoms with E-state index in [9.17, 15) is 9.59 Å². The Hall–Kier alpha value is -2.75. The summed E-state index contributed by atoms with van der Waals surface area (Å²) in [7, 11) is 0. The summed E-state index contributed by atoms with van der Waals surface area (Å²) in [6, 6.07) is 11.3.